The molecule has 3 aromatic rings. The Hall–Kier alpha value is -2.49. The standard InChI is InChI=1S/C21H23N3O4S2/c1-14-9-10-18(28-14)21-22-15(2)19(29-21)20(25)23-16-7-6-8-17(13-16)30(26,27)24-11-4-3-5-12-24/h6-10,13H,3-5,11-12H2,1-2H3,(H,23,25). The molecule has 0 saturated carbocycles. The second-order valence-electron chi connectivity index (χ2n) is 7.29. The van der Waals surface area contributed by atoms with E-state index in [1.165, 1.54) is 21.7 Å². The summed E-state index contributed by atoms with van der Waals surface area (Å²) in [5.41, 5.74) is 1.03. The van der Waals surface area contributed by atoms with Crippen LogP contribution in [0.2, 0.25) is 0 Å². The third-order valence-corrected chi connectivity index (χ3v) is 8.06. The van der Waals surface area contributed by atoms with Crippen LogP contribution in [0.1, 0.15) is 40.4 Å². The van der Waals surface area contributed by atoms with Crippen LogP contribution in [-0.2, 0) is 10.0 Å². The summed E-state index contributed by atoms with van der Waals surface area (Å²) in [7, 11) is -3.56. The molecule has 3 heterocycles. The first-order chi connectivity index (χ1) is 14.3. The number of amides is 1. The normalized spacial score (nSPS) is 15.3. The number of aromatic nitrogens is 1. The summed E-state index contributed by atoms with van der Waals surface area (Å²) in [6.07, 6.45) is 2.80. The van der Waals surface area contributed by atoms with Crippen LogP contribution >= 0.6 is 11.3 Å². The number of aryl methyl sites for hydroxylation is 2. The van der Waals surface area contributed by atoms with Gasteiger partial charge < -0.3 is 9.73 Å². The first kappa shape index (κ1) is 20.8. The smallest absolute Gasteiger partial charge is 0.267 e. The highest BCUT2D eigenvalue weighted by Gasteiger charge is 2.26. The Kier molecular flexibility index (Phi) is 5.77. The number of thiazole rings is 1. The van der Waals surface area contributed by atoms with Crippen LogP contribution in [0, 0.1) is 13.8 Å². The lowest BCUT2D eigenvalue weighted by atomic mass is 10.2. The van der Waals surface area contributed by atoms with E-state index in [4.69, 9.17) is 4.42 Å². The van der Waals surface area contributed by atoms with Gasteiger partial charge in [0.05, 0.1) is 10.6 Å². The molecule has 0 aliphatic carbocycles. The molecule has 4 rings (SSSR count). The quantitative estimate of drug-likeness (QED) is 0.626. The van der Waals surface area contributed by atoms with E-state index < -0.39 is 10.0 Å². The largest absolute Gasteiger partial charge is 0.459 e. The Morgan fingerprint density at radius 3 is 2.60 bits per heavy atom. The zero-order valence-corrected chi connectivity index (χ0v) is 18.5. The van der Waals surface area contributed by atoms with Gasteiger partial charge in [0.15, 0.2) is 10.8 Å². The molecule has 0 bridgehead atoms. The number of piperidine rings is 1. The van der Waals surface area contributed by atoms with E-state index >= 15 is 0 Å². The molecule has 1 saturated heterocycles. The average Bonchev–Trinajstić information content (AvgIpc) is 3.34. The summed E-state index contributed by atoms with van der Waals surface area (Å²) in [4.78, 5) is 17.9. The van der Waals surface area contributed by atoms with E-state index in [1.54, 1.807) is 25.1 Å². The molecule has 158 valence electrons. The summed E-state index contributed by atoms with van der Waals surface area (Å²) in [5.74, 6) is 1.07. The van der Waals surface area contributed by atoms with Crippen molar-refractivity contribution >= 4 is 33.0 Å². The monoisotopic (exact) mass is 445 g/mol. The Labute approximate surface area is 179 Å². The van der Waals surface area contributed by atoms with E-state index in [0.717, 1.165) is 25.0 Å². The number of nitrogens with one attached hydrogen (secondary N) is 1. The maximum absolute atomic E-state index is 12.9. The molecule has 1 aromatic carbocycles. The van der Waals surface area contributed by atoms with Gasteiger partial charge in [-0.15, -0.1) is 11.3 Å². The maximum Gasteiger partial charge on any atom is 0.267 e. The Morgan fingerprint density at radius 1 is 1.13 bits per heavy atom. The molecule has 0 atom stereocenters. The average molecular weight is 446 g/mol. The van der Waals surface area contributed by atoms with Crippen molar-refractivity contribution in [1.82, 2.24) is 9.29 Å². The van der Waals surface area contributed by atoms with Gasteiger partial charge in [-0.2, -0.15) is 4.31 Å². The van der Waals surface area contributed by atoms with E-state index in [-0.39, 0.29) is 10.8 Å². The summed E-state index contributed by atoms with van der Waals surface area (Å²) < 4.78 is 32.9. The lowest BCUT2D eigenvalue weighted by Crippen LogP contribution is -2.35. The first-order valence-electron chi connectivity index (χ1n) is 9.80. The number of rotatable bonds is 5. The Balaban J connectivity index is 1.54. The number of carbonyl (C=O) groups excluding carboxylic acids is 1. The third-order valence-electron chi connectivity index (χ3n) is 5.00. The number of hydrogen-bond acceptors (Lipinski definition) is 6. The summed E-state index contributed by atoms with van der Waals surface area (Å²) in [5, 5.41) is 3.43. The molecule has 1 N–H and O–H groups in total. The van der Waals surface area contributed by atoms with Crippen LogP contribution in [-0.4, -0.2) is 36.7 Å². The van der Waals surface area contributed by atoms with Crippen LogP contribution in [0.5, 0.6) is 0 Å². The molecule has 1 aliphatic rings. The first-order valence-corrected chi connectivity index (χ1v) is 12.1. The minimum absolute atomic E-state index is 0.190. The van der Waals surface area contributed by atoms with Crippen molar-refractivity contribution in [2.24, 2.45) is 0 Å². The number of carbonyl (C=O) groups is 1. The van der Waals surface area contributed by atoms with Crippen molar-refractivity contribution in [1.29, 1.82) is 0 Å². The lowest BCUT2D eigenvalue weighted by molar-refractivity contribution is 0.102. The van der Waals surface area contributed by atoms with E-state index in [0.29, 0.717) is 40.1 Å². The Morgan fingerprint density at radius 2 is 1.90 bits per heavy atom. The minimum Gasteiger partial charge on any atom is -0.459 e. The van der Waals surface area contributed by atoms with Gasteiger partial charge in [-0.1, -0.05) is 12.5 Å². The highest BCUT2D eigenvalue weighted by Crippen LogP contribution is 2.30. The number of nitrogens with zero attached hydrogens (tertiary/aromatic N) is 2. The molecular formula is C21H23N3O4S2. The molecule has 1 amide bonds. The van der Waals surface area contributed by atoms with Gasteiger partial charge in [0, 0.05) is 18.8 Å². The fourth-order valence-corrected chi connectivity index (χ4v) is 5.93. The molecule has 30 heavy (non-hydrogen) atoms. The summed E-state index contributed by atoms with van der Waals surface area (Å²) in [6.45, 7) is 4.69. The molecule has 1 aliphatic heterocycles. The van der Waals surface area contributed by atoms with Gasteiger partial charge in [-0.05, 0) is 57.0 Å². The van der Waals surface area contributed by atoms with Crippen molar-refractivity contribution < 1.29 is 17.6 Å². The molecule has 0 spiro atoms. The number of furan rings is 1. The molecule has 9 heteroatoms. The Bertz CT molecular complexity index is 1170. The van der Waals surface area contributed by atoms with E-state index in [1.807, 2.05) is 19.1 Å². The number of benzene rings is 1. The van der Waals surface area contributed by atoms with Crippen LogP contribution in [0.15, 0.2) is 45.7 Å². The van der Waals surface area contributed by atoms with Crippen molar-refractivity contribution in [3.8, 4) is 10.8 Å². The van der Waals surface area contributed by atoms with Gasteiger partial charge in [0.1, 0.15) is 10.6 Å². The van der Waals surface area contributed by atoms with Gasteiger partial charge in [0.2, 0.25) is 10.0 Å². The van der Waals surface area contributed by atoms with E-state index in [2.05, 4.69) is 10.3 Å². The van der Waals surface area contributed by atoms with Gasteiger partial charge in [-0.3, -0.25) is 4.79 Å². The molecule has 1 fully saturated rings. The van der Waals surface area contributed by atoms with Crippen LogP contribution in [0.3, 0.4) is 0 Å². The minimum atomic E-state index is -3.56. The molecule has 0 radical (unpaired) electrons. The number of anilines is 1. The van der Waals surface area contributed by atoms with Crippen LogP contribution in [0.4, 0.5) is 5.69 Å². The fourth-order valence-electron chi connectivity index (χ4n) is 3.44. The zero-order valence-electron chi connectivity index (χ0n) is 16.8. The van der Waals surface area contributed by atoms with Crippen molar-refractivity contribution in [3.05, 3.63) is 52.7 Å². The van der Waals surface area contributed by atoms with Crippen molar-refractivity contribution in [3.63, 3.8) is 0 Å². The maximum atomic E-state index is 12.9. The SMILES string of the molecule is Cc1ccc(-c2nc(C)c(C(=O)Nc3cccc(S(=O)(=O)N4CCCCC4)c3)s2)o1. The molecule has 0 unspecified atom stereocenters. The third kappa shape index (κ3) is 4.19. The second kappa shape index (κ2) is 8.33. The summed E-state index contributed by atoms with van der Waals surface area (Å²) >= 11 is 1.24. The van der Waals surface area contributed by atoms with Gasteiger partial charge >= 0.3 is 0 Å². The zero-order chi connectivity index (χ0) is 21.3. The van der Waals surface area contributed by atoms with Crippen molar-refractivity contribution in [2.45, 2.75) is 38.0 Å². The van der Waals surface area contributed by atoms with Crippen LogP contribution in [0.25, 0.3) is 10.8 Å². The molecule has 2 aromatic heterocycles. The highest BCUT2D eigenvalue weighted by molar-refractivity contribution is 7.89. The predicted octanol–water partition coefficient (Wildman–Crippen LogP) is 4.45. The van der Waals surface area contributed by atoms with Crippen molar-refractivity contribution in [2.75, 3.05) is 18.4 Å². The van der Waals surface area contributed by atoms with Gasteiger partial charge in [-0.25, -0.2) is 13.4 Å². The molecule has 7 nitrogen and oxygen atoms in total. The lowest BCUT2D eigenvalue weighted by Gasteiger charge is -2.26. The fraction of sp³-hybridized carbons (Fsp3) is 0.333. The second-order valence-corrected chi connectivity index (χ2v) is 10.2. The van der Waals surface area contributed by atoms with Crippen LogP contribution < -0.4 is 5.32 Å². The summed E-state index contributed by atoms with van der Waals surface area (Å²) in [6, 6.07) is 10.1. The topological polar surface area (TPSA) is 92.5 Å². The highest BCUT2D eigenvalue weighted by atomic mass is 32.2. The predicted molar refractivity (Wildman–Crippen MR) is 116 cm³/mol. The number of hydrogen-bond donors (Lipinski definition) is 1. The molecular weight excluding hydrogens is 422 g/mol. The number of sulfonamides is 1. The van der Waals surface area contributed by atoms with E-state index in [9.17, 15) is 13.2 Å². The van der Waals surface area contributed by atoms with Gasteiger partial charge in [0.25, 0.3) is 5.91 Å².